The number of rotatable bonds is 3. The molecule has 0 amide bonds. The predicted molar refractivity (Wildman–Crippen MR) is 77.4 cm³/mol. The fourth-order valence-electron chi connectivity index (χ4n) is 1.55. The number of nitrogens with zero attached hydrogens (tertiary/aromatic N) is 1. The van der Waals surface area contributed by atoms with E-state index in [9.17, 15) is 12.8 Å². The first-order valence-corrected chi connectivity index (χ1v) is 7.79. The highest BCUT2D eigenvalue weighted by Crippen LogP contribution is 2.28. The first-order valence-electron chi connectivity index (χ1n) is 5.51. The summed E-state index contributed by atoms with van der Waals surface area (Å²) in [6.07, 6.45) is 0. The van der Waals surface area contributed by atoms with Crippen molar-refractivity contribution in [3.63, 3.8) is 0 Å². The number of hydrogen-bond donors (Lipinski definition) is 3. The minimum Gasteiger partial charge on any atom is -0.399 e. The molecule has 0 fully saturated rings. The third-order valence-electron chi connectivity index (χ3n) is 2.79. The standard InChI is InChI=1S/C11H12BrFN4O2S/c1-5-6(2)15-16-11(5)17-20(18,19)9-4-7(14)3-8(12)10(9)13/h3-4H,14H2,1-2H3,(H2,15,16,17). The highest BCUT2D eigenvalue weighted by atomic mass is 79.9. The second-order valence-electron chi connectivity index (χ2n) is 4.24. The summed E-state index contributed by atoms with van der Waals surface area (Å²) in [6, 6.07) is 2.34. The van der Waals surface area contributed by atoms with Crippen molar-refractivity contribution in [1.29, 1.82) is 0 Å². The average Bonchev–Trinajstić information content (AvgIpc) is 2.65. The van der Waals surface area contributed by atoms with Gasteiger partial charge in [-0.15, -0.1) is 0 Å². The van der Waals surface area contributed by atoms with E-state index in [1.54, 1.807) is 13.8 Å². The number of nitrogens with two attached hydrogens (primary N) is 1. The zero-order chi connectivity index (χ0) is 15.1. The third kappa shape index (κ3) is 2.63. The van der Waals surface area contributed by atoms with Gasteiger partial charge in [0.05, 0.1) is 4.47 Å². The molecular weight excluding hydrogens is 351 g/mol. The van der Waals surface area contributed by atoms with E-state index in [1.807, 2.05) is 0 Å². The number of H-pyrrole nitrogens is 1. The minimum atomic E-state index is -4.12. The van der Waals surface area contributed by atoms with Gasteiger partial charge in [-0.05, 0) is 41.9 Å². The van der Waals surface area contributed by atoms with Crippen LogP contribution in [0.5, 0.6) is 0 Å². The van der Waals surface area contributed by atoms with Crippen LogP contribution in [0.3, 0.4) is 0 Å². The lowest BCUT2D eigenvalue weighted by Crippen LogP contribution is -2.16. The molecule has 0 radical (unpaired) electrons. The Hall–Kier alpha value is -1.61. The summed E-state index contributed by atoms with van der Waals surface area (Å²) in [5.41, 5.74) is 7.03. The quantitative estimate of drug-likeness (QED) is 0.729. The summed E-state index contributed by atoms with van der Waals surface area (Å²) in [4.78, 5) is -0.538. The Balaban J connectivity index is 2.49. The van der Waals surface area contributed by atoms with Gasteiger partial charge in [-0.3, -0.25) is 9.82 Å². The highest BCUT2D eigenvalue weighted by molar-refractivity contribution is 9.10. The summed E-state index contributed by atoms with van der Waals surface area (Å²) in [6.45, 7) is 3.44. The van der Waals surface area contributed by atoms with Crippen LogP contribution in [0.25, 0.3) is 0 Å². The molecule has 0 saturated heterocycles. The fraction of sp³-hybridized carbons (Fsp3) is 0.182. The van der Waals surface area contributed by atoms with Gasteiger partial charge in [0.2, 0.25) is 0 Å². The third-order valence-corrected chi connectivity index (χ3v) is 4.71. The van der Waals surface area contributed by atoms with Gasteiger partial charge in [-0.25, -0.2) is 12.8 Å². The minimum absolute atomic E-state index is 0.0206. The van der Waals surface area contributed by atoms with E-state index in [1.165, 1.54) is 6.07 Å². The van der Waals surface area contributed by atoms with E-state index < -0.39 is 20.7 Å². The average molecular weight is 363 g/mol. The van der Waals surface area contributed by atoms with E-state index in [0.717, 1.165) is 11.8 Å². The van der Waals surface area contributed by atoms with Gasteiger partial charge in [0, 0.05) is 16.9 Å². The van der Waals surface area contributed by atoms with Crippen LogP contribution in [0.1, 0.15) is 11.3 Å². The van der Waals surface area contributed by atoms with Crippen LogP contribution in [-0.2, 0) is 10.0 Å². The molecule has 20 heavy (non-hydrogen) atoms. The number of sulfonamides is 1. The molecule has 2 aromatic rings. The molecule has 0 spiro atoms. The van der Waals surface area contributed by atoms with Crippen LogP contribution in [0.2, 0.25) is 0 Å². The molecule has 2 rings (SSSR count). The lowest BCUT2D eigenvalue weighted by molar-refractivity contribution is 0.566. The van der Waals surface area contributed by atoms with Gasteiger partial charge in [-0.2, -0.15) is 5.10 Å². The molecule has 0 atom stereocenters. The molecule has 0 aliphatic carbocycles. The molecule has 0 aliphatic rings. The molecule has 9 heteroatoms. The number of benzene rings is 1. The van der Waals surface area contributed by atoms with Crippen molar-refractivity contribution < 1.29 is 12.8 Å². The second-order valence-corrected chi connectivity index (χ2v) is 6.75. The zero-order valence-electron chi connectivity index (χ0n) is 10.7. The molecule has 0 unspecified atom stereocenters. The van der Waals surface area contributed by atoms with Crippen LogP contribution < -0.4 is 10.5 Å². The lowest BCUT2D eigenvalue weighted by Gasteiger charge is -2.09. The van der Waals surface area contributed by atoms with Gasteiger partial charge >= 0.3 is 0 Å². The number of halogens is 2. The first-order chi connectivity index (χ1) is 9.22. The lowest BCUT2D eigenvalue weighted by atomic mass is 10.3. The Morgan fingerprint density at radius 3 is 2.60 bits per heavy atom. The second kappa shape index (κ2) is 5.06. The zero-order valence-corrected chi connectivity index (χ0v) is 13.1. The van der Waals surface area contributed by atoms with E-state index >= 15 is 0 Å². The molecule has 6 nitrogen and oxygen atoms in total. The molecule has 0 bridgehead atoms. The molecule has 0 saturated carbocycles. The topological polar surface area (TPSA) is 101 Å². The molecule has 1 aromatic carbocycles. The number of aromatic nitrogens is 2. The Labute approximate surface area is 123 Å². The maximum absolute atomic E-state index is 13.9. The van der Waals surface area contributed by atoms with E-state index in [-0.39, 0.29) is 16.0 Å². The van der Waals surface area contributed by atoms with E-state index in [2.05, 4.69) is 30.8 Å². The van der Waals surface area contributed by atoms with Crippen molar-refractivity contribution in [3.05, 3.63) is 33.7 Å². The predicted octanol–water partition coefficient (Wildman–Crippen LogP) is 2.31. The Kier molecular flexibility index (Phi) is 3.74. The normalized spacial score (nSPS) is 11.6. The van der Waals surface area contributed by atoms with Crippen molar-refractivity contribution in [2.75, 3.05) is 10.5 Å². The molecule has 4 N–H and O–H groups in total. The van der Waals surface area contributed by atoms with E-state index in [0.29, 0.717) is 5.56 Å². The smallest absolute Gasteiger partial charge is 0.266 e. The summed E-state index contributed by atoms with van der Waals surface area (Å²) < 4.78 is 40.6. The number of anilines is 2. The maximum atomic E-state index is 13.9. The van der Waals surface area contributed by atoms with Crippen molar-refractivity contribution in [2.45, 2.75) is 18.7 Å². The largest absolute Gasteiger partial charge is 0.399 e. The van der Waals surface area contributed by atoms with Crippen LogP contribution in [-0.4, -0.2) is 18.6 Å². The van der Waals surface area contributed by atoms with Gasteiger partial charge in [-0.1, -0.05) is 0 Å². The van der Waals surface area contributed by atoms with Crippen LogP contribution >= 0.6 is 15.9 Å². The molecule has 108 valence electrons. The molecular formula is C11H12BrFN4O2S. The van der Waals surface area contributed by atoms with Crippen LogP contribution in [0.4, 0.5) is 15.9 Å². The number of nitrogen functional groups attached to an aromatic ring is 1. The summed E-state index contributed by atoms with van der Waals surface area (Å²) in [7, 11) is -4.12. The van der Waals surface area contributed by atoms with Crippen LogP contribution in [0.15, 0.2) is 21.5 Å². The SMILES string of the molecule is Cc1[nH]nc(NS(=O)(=O)c2cc(N)cc(Br)c2F)c1C. The van der Waals surface area contributed by atoms with Crippen molar-refractivity contribution >= 4 is 37.5 Å². The summed E-state index contributed by atoms with van der Waals surface area (Å²) in [5.74, 6) is -0.781. The number of hydrogen-bond acceptors (Lipinski definition) is 4. The fourth-order valence-corrected chi connectivity index (χ4v) is 3.36. The van der Waals surface area contributed by atoms with Gasteiger partial charge in [0.15, 0.2) is 11.6 Å². The van der Waals surface area contributed by atoms with Gasteiger partial charge in [0.25, 0.3) is 10.0 Å². The Bertz CT molecular complexity index is 773. The monoisotopic (exact) mass is 362 g/mol. The maximum Gasteiger partial charge on any atom is 0.266 e. The first kappa shape index (κ1) is 14.8. The Morgan fingerprint density at radius 2 is 2.05 bits per heavy atom. The van der Waals surface area contributed by atoms with Crippen molar-refractivity contribution in [1.82, 2.24) is 10.2 Å². The molecule has 0 aliphatic heterocycles. The summed E-state index contributed by atoms with van der Waals surface area (Å²) >= 11 is 2.92. The van der Waals surface area contributed by atoms with Crippen molar-refractivity contribution in [2.24, 2.45) is 0 Å². The molecule has 1 aromatic heterocycles. The molecule has 1 heterocycles. The van der Waals surface area contributed by atoms with Gasteiger partial charge in [0.1, 0.15) is 4.90 Å². The van der Waals surface area contributed by atoms with E-state index in [4.69, 9.17) is 5.73 Å². The Morgan fingerprint density at radius 1 is 1.40 bits per heavy atom. The number of nitrogens with one attached hydrogen (secondary N) is 2. The summed E-state index contributed by atoms with van der Waals surface area (Å²) in [5, 5.41) is 6.46. The van der Waals surface area contributed by atoms with Gasteiger partial charge < -0.3 is 5.73 Å². The van der Waals surface area contributed by atoms with Crippen molar-refractivity contribution in [3.8, 4) is 0 Å². The number of aryl methyl sites for hydroxylation is 1. The van der Waals surface area contributed by atoms with Crippen LogP contribution in [0, 0.1) is 19.7 Å². The highest BCUT2D eigenvalue weighted by Gasteiger charge is 2.23. The number of aromatic amines is 1.